The van der Waals surface area contributed by atoms with Gasteiger partial charge in [-0.25, -0.2) is 14.5 Å². The van der Waals surface area contributed by atoms with Gasteiger partial charge < -0.3 is 14.8 Å². The van der Waals surface area contributed by atoms with Gasteiger partial charge in [0.25, 0.3) is 0 Å². The molecule has 0 fully saturated rings. The number of nitrogens with one attached hydrogen (secondary N) is 1. The largest absolute Gasteiger partial charge is 0.573 e. The third kappa shape index (κ3) is 5.32. The van der Waals surface area contributed by atoms with E-state index >= 15 is 0 Å². The van der Waals surface area contributed by atoms with E-state index in [4.69, 9.17) is 16.3 Å². The molecule has 0 bridgehead atoms. The Balaban J connectivity index is 1.91. The number of aromatic nitrogens is 3. The number of ether oxygens (including phenoxy) is 2. The maximum absolute atomic E-state index is 12.4. The Bertz CT molecular complexity index is 1060. The van der Waals surface area contributed by atoms with Gasteiger partial charge in [-0.05, 0) is 51.1 Å². The molecule has 0 atom stereocenters. The van der Waals surface area contributed by atoms with Crippen molar-refractivity contribution >= 4 is 28.7 Å². The summed E-state index contributed by atoms with van der Waals surface area (Å²) in [5.74, 6) is -0.361. The van der Waals surface area contributed by atoms with Gasteiger partial charge >= 0.3 is 12.5 Å². The summed E-state index contributed by atoms with van der Waals surface area (Å²) in [6.45, 7) is 5.23. The van der Waals surface area contributed by atoms with Crippen molar-refractivity contribution < 1.29 is 27.4 Å². The number of rotatable bonds is 4. The summed E-state index contributed by atoms with van der Waals surface area (Å²) in [6.07, 6.45) is -3.93. The molecule has 2 heterocycles. The van der Waals surface area contributed by atoms with Crippen LogP contribution in [0.4, 0.5) is 18.0 Å². The molecule has 0 spiro atoms. The van der Waals surface area contributed by atoms with Crippen LogP contribution in [0.5, 0.6) is 5.75 Å². The van der Waals surface area contributed by atoms with E-state index in [1.54, 1.807) is 26.8 Å². The number of hydrogen-bond donors (Lipinski definition) is 1. The van der Waals surface area contributed by atoms with Crippen LogP contribution >= 0.6 is 11.6 Å². The molecule has 1 N–H and O–H groups in total. The van der Waals surface area contributed by atoms with Crippen LogP contribution in [0.25, 0.3) is 16.7 Å². The second-order valence-corrected chi connectivity index (χ2v) is 7.65. The molecule has 0 saturated heterocycles. The lowest BCUT2D eigenvalue weighted by Gasteiger charge is -2.19. The highest BCUT2D eigenvalue weighted by Crippen LogP contribution is 2.29. The van der Waals surface area contributed by atoms with E-state index in [0.717, 1.165) is 0 Å². The van der Waals surface area contributed by atoms with E-state index in [0.29, 0.717) is 27.4 Å². The number of alkyl carbamates (subject to hydrolysis) is 1. The average Bonchev–Trinajstić information content (AvgIpc) is 2.98. The van der Waals surface area contributed by atoms with Gasteiger partial charge in [-0.3, -0.25) is 0 Å². The maximum Gasteiger partial charge on any atom is 0.573 e. The fourth-order valence-electron chi connectivity index (χ4n) is 2.64. The molecule has 0 saturated carbocycles. The van der Waals surface area contributed by atoms with Gasteiger partial charge in [0.1, 0.15) is 11.4 Å². The molecule has 1 aromatic carbocycles. The lowest BCUT2D eigenvalue weighted by Crippen LogP contribution is -2.32. The number of amides is 1. The molecule has 0 radical (unpaired) electrons. The Morgan fingerprint density at radius 3 is 2.43 bits per heavy atom. The number of carbonyl (C=O) groups excluding carboxylic acids is 1. The minimum absolute atomic E-state index is 0.0130. The van der Waals surface area contributed by atoms with Gasteiger partial charge in [0.15, 0.2) is 5.65 Å². The fraction of sp³-hybridized carbons (Fsp3) is 0.316. The smallest absolute Gasteiger partial charge is 0.444 e. The van der Waals surface area contributed by atoms with E-state index in [-0.39, 0.29) is 12.3 Å². The molecule has 0 aliphatic heterocycles. The zero-order valence-corrected chi connectivity index (χ0v) is 17.0. The molecule has 0 aliphatic rings. The molecule has 3 rings (SSSR count). The van der Waals surface area contributed by atoms with Crippen molar-refractivity contribution in [2.45, 2.75) is 39.3 Å². The van der Waals surface area contributed by atoms with E-state index < -0.39 is 18.1 Å². The highest BCUT2D eigenvalue weighted by Gasteiger charge is 2.31. The third-order valence-electron chi connectivity index (χ3n) is 3.70. The van der Waals surface area contributed by atoms with E-state index in [1.807, 2.05) is 0 Å². The lowest BCUT2D eigenvalue weighted by atomic mass is 10.2. The molecule has 3 aromatic rings. The number of carbonyl (C=O) groups is 1. The fourth-order valence-corrected chi connectivity index (χ4v) is 2.89. The number of benzene rings is 1. The van der Waals surface area contributed by atoms with Crippen LogP contribution in [-0.2, 0) is 11.3 Å². The monoisotopic (exact) mass is 442 g/mol. The minimum Gasteiger partial charge on any atom is -0.444 e. The molecular formula is C19H18ClF3N4O3. The highest BCUT2D eigenvalue weighted by atomic mass is 35.5. The Kier molecular flexibility index (Phi) is 5.80. The molecular weight excluding hydrogens is 425 g/mol. The average molecular weight is 443 g/mol. The predicted octanol–water partition coefficient (Wildman–Crippen LogP) is 5.00. The van der Waals surface area contributed by atoms with Gasteiger partial charge in [0, 0.05) is 6.20 Å². The number of alkyl halides is 3. The second kappa shape index (κ2) is 8.02. The zero-order valence-electron chi connectivity index (χ0n) is 16.2. The van der Waals surface area contributed by atoms with Crippen molar-refractivity contribution in [3.05, 3.63) is 47.2 Å². The summed E-state index contributed by atoms with van der Waals surface area (Å²) in [5.41, 5.74) is 0.579. The summed E-state index contributed by atoms with van der Waals surface area (Å²) in [6, 6.07) is 6.72. The SMILES string of the molecule is CC(C)(C)OC(=O)NCc1nn(-c2ccc(OC(F)(F)F)cc2)c2nccc(Cl)c12. The third-order valence-corrected chi connectivity index (χ3v) is 4.02. The van der Waals surface area contributed by atoms with Gasteiger partial charge in [0.05, 0.1) is 28.3 Å². The number of hydrogen-bond acceptors (Lipinski definition) is 5. The quantitative estimate of drug-likeness (QED) is 0.615. The zero-order chi connectivity index (χ0) is 22.1. The molecule has 160 valence electrons. The standard InChI is InChI=1S/C19H18ClF3N4O3/c1-18(2,3)30-17(28)25-10-14-15-13(20)8-9-24-16(15)27(26-14)11-4-6-12(7-5-11)29-19(21,22)23/h4-9H,10H2,1-3H3,(H,25,28). The first kappa shape index (κ1) is 21.7. The van der Waals surface area contributed by atoms with Crippen LogP contribution < -0.4 is 10.1 Å². The van der Waals surface area contributed by atoms with Gasteiger partial charge in [-0.15, -0.1) is 13.2 Å². The Morgan fingerprint density at radius 2 is 1.83 bits per heavy atom. The van der Waals surface area contributed by atoms with Gasteiger partial charge in [0.2, 0.25) is 0 Å². The van der Waals surface area contributed by atoms with Crippen molar-refractivity contribution in [1.29, 1.82) is 0 Å². The topological polar surface area (TPSA) is 78.3 Å². The molecule has 7 nitrogen and oxygen atoms in total. The summed E-state index contributed by atoms with van der Waals surface area (Å²) < 4.78 is 47.6. The first-order valence-electron chi connectivity index (χ1n) is 8.78. The molecule has 2 aromatic heterocycles. The van der Waals surface area contributed by atoms with Gasteiger partial charge in [-0.2, -0.15) is 5.10 Å². The molecule has 11 heteroatoms. The number of halogens is 4. The number of pyridine rings is 1. The van der Waals surface area contributed by atoms with Crippen LogP contribution in [0.1, 0.15) is 26.5 Å². The van der Waals surface area contributed by atoms with Crippen LogP contribution in [0.3, 0.4) is 0 Å². The number of nitrogens with zero attached hydrogens (tertiary/aromatic N) is 3. The van der Waals surface area contributed by atoms with Crippen LogP contribution in [0.2, 0.25) is 5.02 Å². The molecule has 0 unspecified atom stereocenters. The Labute approximate surface area is 174 Å². The Morgan fingerprint density at radius 1 is 1.17 bits per heavy atom. The highest BCUT2D eigenvalue weighted by molar-refractivity contribution is 6.35. The van der Waals surface area contributed by atoms with E-state index in [2.05, 4.69) is 20.1 Å². The van der Waals surface area contributed by atoms with E-state index in [9.17, 15) is 18.0 Å². The normalized spacial score (nSPS) is 12.1. The van der Waals surface area contributed by atoms with Gasteiger partial charge in [-0.1, -0.05) is 11.6 Å². The van der Waals surface area contributed by atoms with Crippen molar-refractivity contribution in [3.8, 4) is 11.4 Å². The second-order valence-electron chi connectivity index (χ2n) is 7.25. The van der Waals surface area contributed by atoms with E-state index in [1.165, 1.54) is 35.1 Å². The van der Waals surface area contributed by atoms with Crippen molar-refractivity contribution in [1.82, 2.24) is 20.1 Å². The van der Waals surface area contributed by atoms with Crippen LogP contribution in [-0.4, -0.2) is 32.8 Å². The van der Waals surface area contributed by atoms with Crippen molar-refractivity contribution in [3.63, 3.8) is 0 Å². The summed E-state index contributed by atoms with van der Waals surface area (Å²) in [7, 11) is 0. The minimum atomic E-state index is -4.78. The summed E-state index contributed by atoms with van der Waals surface area (Å²) >= 11 is 6.30. The maximum atomic E-state index is 12.4. The first-order chi connectivity index (χ1) is 13.9. The summed E-state index contributed by atoms with van der Waals surface area (Å²) in [4.78, 5) is 16.2. The summed E-state index contributed by atoms with van der Waals surface area (Å²) in [5, 5.41) is 7.91. The number of fused-ring (bicyclic) bond motifs is 1. The molecule has 1 amide bonds. The van der Waals surface area contributed by atoms with Crippen molar-refractivity contribution in [2.75, 3.05) is 0 Å². The van der Waals surface area contributed by atoms with Crippen molar-refractivity contribution in [2.24, 2.45) is 0 Å². The first-order valence-corrected chi connectivity index (χ1v) is 9.16. The predicted molar refractivity (Wildman–Crippen MR) is 104 cm³/mol. The molecule has 0 aliphatic carbocycles. The molecule has 30 heavy (non-hydrogen) atoms. The van der Waals surface area contributed by atoms with Crippen LogP contribution in [0, 0.1) is 0 Å². The van der Waals surface area contributed by atoms with Crippen LogP contribution in [0.15, 0.2) is 36.5 Å². The Hall–Kier alpha value is -3.01. The lowest BCUT2D eigenvalue weighted by molar-refractivity contribution is -0.274.